The number of nitrogens with one attached hydrogen (secondary N) is 1. The summed E-state index contributed by atoms with van der Waals surface area (Å²) < 4.78 is 64.6. The number of carbonyl (C=O) groups excluding carboxylic acids is 1. The predicted octanol–water partition coefficient (Wildman–Crippen LogP) is 4.27. The zero-order valence-electron chi connectivity index (χ0n) is 18.9. The van der Waals surface area contributed by atoms with E-state index in [2.05, 4.69) is 10.3 Å². The fraction of sp³-hybridized carbons (Fsp3) is 0.200. The first-order valence-electron chi connectivity index (χ1n) is 10.6. The average molecular weight is 502 g/mol. The second-order valence-electron chi connectivity index (χ2n) is 8.24. The number of rotatable bonds is 6. The predicted molar refractivity (Wildman–Crippen MR) is 126 cm³/mol. The van der Waals surface area contributed by atoms with Crippen molar-refractivity contribution in [1.29, 1.82) is 0 Å². The molecule has 2 aromatic carbocycles. The maximum absolute atomic E-state index is 12.8. The van der Waals surface area contributed by atoms with Crippen LogP contribution in [0.5, 0.6) is 0 Å². The summed E-state index contributed by atoms with van der Waals surface area (Å²) in [5, 5.41) is 2.84. The number of alkyl halides is 3. The first-order valence-corrected chi connectivity index (χ1v) is 12.1. The van der Waals surface area contributed by atoms with Crippen LogP contribution in [0.3, 0.4) is 0 Å². The molecule has 1 aliphatic rings. The van der Waals surface area contributed by atoms with Gasteiger partial charge < -0.3 is 5.32 Å². The van der Waals surface area contributed by atoms with Gasteiger partial charge in [0.15, 0.2) is 0 Å². The molecule has 0 bridgehead atoms. The second kappa shape index (κ2) is 9.27. The topological polar surface area (TPSA) is 79.4 Å². The Kier molecular flexibility index (Phi) is 6.52. The number of halogens is 3. The van der Waals surface area contributed by atoms with Gasteiger partial charge in [-0.1, -0.05) is 30.3 Å². The zero-order chi connectivity index (χ0) is 25.4. The third kappa shape index (κ3) is 5.13. The van der Waals surface area contributed by atoms with Crippen LogP contribution in [-0.4, -0.2) is 37.7 Å². The highest BCUT2D eigenvalue weighted by Crippen LogP contribution is 2.35. The monoisotopic (exact) mass is 501 g/mol. The Morgan fingerprint density at radius 1 is 1.09 bits per heavy atom. The van der Waals surface area contributed by atoms with E-state index >= 15 is 0 Å². The summed E-state index contributed by atoms with van der Waals surface area (Å²) in [6.45, 7) is 0. The molecular weight excluding hydrogens is 479 g/mol. The van der Waals surface area contributed by atoms with Crippen molar-refractivity contribution in [3.8, 4) is 11.1 Å². The minimum absolute atomic E-state index is 0.100. The molecule has 6 nitrogen and oxygen atoms in total. The van der Waals surface area contributed by atoms with Crippen molar-refractivity contribution in [3.05, 3.63) is 89.3 Å². The number of aromatic nitrogens is 1. The Morgan fingerprint density at radius 3 is 2.46 bits per heavy atom. The molecule has 1 amide bonds. The smallest absolute Gasteiger partial charge is 0.325 e. The summed E-state index contributed by atoms with van der Waals surface area (Å²) >= 11 is 0. The van der Waals surface area contributed by atoms with Gasteiger partial charge in [0, 0.05) is 38.0 Å². The van der Waals surface area contributed by atoms with Crippen LogP contribution in [0.1, 0.15) is 22.4 Å². The third-order valence-electron chi connectivity index (χ3n) is 5.64. The minimum atomic E-state index is -4.44. The molecule has 0 unspecified atom stereocenters. The molecule has 1 aliphatic carbocycles. The van der Waals surface area contributed by atoms with Crippen molar-refractivity contribution in [2.75, 3.05) is 14.1 Å². The van der Waals surface area contributed by atoms with Gasteiger partial charge in [-0.25, -0.2) is 12.7 Å². The Bertz CT molecular complexity index is 1410. The second-order valence-corrected chi connectivity index (χ2v) is 10.4. The summed E-state index contributed by atoms with van der Waals surface area (Å²) in [6.07, 6.45) is -0.619. The molecule has 0 atom stereocenters. The minimum Gasteiger partial charge on any atom is -0.325 e. The molecule has 1 heterocycles. The van der Waals surface area contributed by atoms with E-state index in [1.54, 1.807) is 30.5 Å². The van der Waals surface area contributed by atoms with Crippen molar-refractivity contribution in [2.24, 2.45) is 0 Å². The maximum Gasteiger partial charge on any atom is 0.416 e. The van der Waals surface area contributed by atoms with Crippen LogP contribution < -0.4 is 5.32 Å². The maximum atomic E-state index is 12.8. The highest BCUT2D eigenvalue weighted by Gasteiger charge is 2.30. The van der Waals surface area contributed by atoms with Gasteiger partial charge in [0.1, 0.15) is 0 Å². The molecule has 1 N–H and O–H groups in total. The molecule has 0 spiro atoms. The normalized spacial score (nSPS) is 13.5. The number of carbonyl (C=O) groups is 1. The molecule has 35 heavy (non-hydrogen) atoms. The van der Waals surface area contributed by atoms with Crippen LogP contribution in [0.25, 0.3) is 16.8 Å². The van der Waals surface area contributed by atoms with Gasteiger partial charge in [-0.05, 0) is 47.0 Å². The first-order chi connectivity index (χ1) is 16.5. The van der Waals surface area contributed by atoms with Gasteiger partial charge in [-0.2, -0.15) is 13.2 Å². The molecule has 0 aliphatic heterocycles. The molecule has 0 saturated heterocycles. The van der Waals surface area contributed by atoms with Gasteiger partial charge in [-0.15, -0.1) is 0 Å². The fourth-order valence-corrected chi connectivity index (χ4v) is 4.79. The first kappa shape index (κ1) is 24.6. The average Bonchev–Trinajstić information content (AvgIpc) is 3.21. The standard InChI is InChI=1S/C25H22F3N3O3S/c1-31(2)35(33,34)19-5-3-4-17(15-19)20-12-13-29-21-10-11-22(24(20)21)30-23(32)14-16-6-8-18(9-7-16)25(26,27)28/h3-9,11-13,15H,10,14H2,1-2H3,(H,30,32). The van der Waals surface area contributed by atoms with E-state index in [0.29, 0.717) is 34.4 Å². The summed E-state index contributed by atoms with van der Waals surface area (Å²) in [7, 11) is -0.723. The highest BCUT2D eigenvalue weighted by molar-refractivity contribution is 7.89. The van der Waals surface area contributed by atoms with Gasteiger partial charge in [0.2, 0.25) is 15.9 Å². The Hall–Kier alpha value is -3.50. The lowest BCUT2D eigenvalue weighted by atomic mass is 9.99. The van der Waals surface area contributed by atoms with Crippen LogP contribution in [0.4, 0.5) is 13.2 Å². The molecule has 0 saturated carbocycles. The number of allylic oxidation sites excluding steroid dienone is 1. The van der Waals surface area contributed by atoms with E-state index < -0.39 is 21.8 Å². The van der Waals surface area contributed by atoms with Gasteiger partial charge in [0.05, 0.1) is 22.6 Å². The summed E-state index contributed by atoms with van der Waals surface area (Å²) in [4.78, 5) is 17.2. The van der Waals surface area contributed by atoms with Gasteiger partial charge in [-0.3, -0.25) is 9.78 Å². The molecule has 3 aromatic rings. The number of hydrogen-bond acceptors (Lipinski definition) is 4. The number of amides is 1. The highest BCUT2D eigenvalue weighted by atomic mass is 32.2. The number of nitrogens with zero attached hydrogens (tertiary/aromatic N) is 2. The van der Waals surface area contributed by atoms with Gasteiger partial charge >= 0.3 is 6.18 Å². The number of pyridine rings is 1. The van der Waals surface area contributed by atoms with E-state index in [-0.39, 0.29) is 17.2 Å². The number of sulfonamides is 1. The zero-order valence-corrected chi connectivity index (χ0v) is 19.7. The third-order valence-corrected chi connectivity index (χ3v) is 7.45. The molecule has 182 valence electrons. The van der Waals surface area contributed by atoms with Crippen LogP contribution in [0.2, 0.25) is 0 Å². The summed E-state index contributed by atoms with van der Waals surface area (Å²) in [5.74, 6) is -0.386. The van der Waals surface area contributed by atoms with E-state index in [1.165, 1.54) is 32.3 Å². The largest absolute Gasteiger partial charge is 0.416 e. The van der Waals surface area contributed by atoms with Crippen LogP contribution >= 0.6 is 0 Å². The lowest BCUT2D eigenvalue weighted by Crippen LogP contribution is -2.23. The number of benzene rings is 2. The van der Waals surface area contributed by atoms with Crippen molar-refractivity contribution in [1.82, 2.24) is 14.6 Å². The SMILES string of the molecule is CN(C)S(=O)(=O)c1cccc(-c2ccnc3c2C(NC(=O)Cc2ccc(C(F)(F)F)cc2)=CC3)c1. The van der Waals surface area contributed by atoms with Crippen LogP contribution in [-0.2, 0) is 33.8 Å². The Labute approximate surface area is 201 Å². The molecule has 4 rings (SSSR count). The molecular formula is C25H22F3N3O3S. The summed E-state index contributed by atoms with van der Waals surface area (Å²) in [6, 6.07) is 12.7. The van der Waals surface area contributed by atoms with Crippen molar-refractivity contribution in [2.45, 2.75) is 23.9 Å². The number of hydrogen-bond donors (Lipinski definition) is 1. The molecule has 0 radical (unpaired) electrons. The lowest BCUT2D eigenvalue weighted by molar-refractivity contribution is -0.137. The van der Waals surface area contributed by atoms with Crippen LogP contribution in [0, 0.1) is 0 Å². The Balaban J connectivity index is 1.58. The van der Waals surface area contributed by atoms with E-state index in [4.69, 9.17) is 0 Å². The summed E-state index contributed by atoms with van der Waals surface area (Å²) in [5.41, 5.74) is 2.98. The van der Waals surface area contributed by atoms with E-state index in [0.717, 1.165) is 22.1 Å². The quantitative estimate of drug-likeness (QED) is 0.547. The van der Waals surface area contributed by atoms with Crippen molar-refractivity contribution >= 4 is 21.6 Å². The molecule has 0 fully saturated rings. The van der Waals surface area contributed by atoms with E-state index in [9.17, 15) is 26.4 Å². The van der Waals surface area contributed by atoms with E-state index in [1.807, 2.05) is 6.08 Å². The van der Waals surface area contributed by atoms with Crippen LogP contribution in [0.15, 0.2) is 71.8 Å². The number of fused-ring (bicyclic) bond motifs is 1. The van der Waals surface area contributed by atoms with Crippen molar-refractivity contribution in [3.63, 3.8) is 0 Å². The molecule has 1 aromatic heterocycles. The Morgan fingerprint density at radius 2 is 1.80 bits per heavy atom. The molecule has 10 heteroatoms. The fourth-order valence-electron chi connectivity index (χ4n) is 3.84. The lowest BCUT2D eigenvalue weighted by Gasteiger charge is -2.15. The van der Waals surface area contributed by atoms with Crippen molar-refractivity contribution < 1.29 is 26.4 Å². The van der Waals surface area contributed by atoms with Gasteiger partial charge in [0.25, 0.3) is 0 Å².